The van der Waals surface area contributed by atoms with Crippen LogP contribution in [0.3, 0.4) is 0 Å². The number of carbonyl (C=O) groups is 1. The van der Waals surface area contributed by atoms with Crippen LogP contribution in [-0.4, -0.2) is 43.2 Å². The van der Waals surface area contributed by atoms with Crippen LogP contribution >= 0.6 is 23.2 Å². The Hall–Kier alpha value is -0.780. The van der Waals surface area contributed by atoms with E-state index in [0.717, 1.165) is 0 Å². The molecule has 1 saturated carbocycles. The molecule has 7 heteroatoms. The van der Waals surface area contributed by atoms with Gasteiger partial charge in [-0.1, -0.05) is 18.5 Å². The average molecular weight is 320 g/mol. The summed E-state index contributed by atoms with van der Waals surface area (Å²) in [5.41, 5.74) is 0.00300. The third-order valence-electron chi connectivity index (χ3n) is 3.94. The zero-order valence-electron chi connectivity index (χ0n) is 11.6. The van der Waals surface area contributed by atoms with Crippen molar-refractivity contribution in [2.75, 3.05) is 5.88 Å². The third kappa shape index (κ3) is 3.10. The number of halogens is 2. The van der Waals surface area contributed by atoms with Crippen molar-refractivity contribution in [2.24, 2.45) is 7.05 Å². The van der Waals surface area contributed by atoms with Crippen LogP contribution < -0.4 is 0 Å². The zero-order valence-corrected chi connectivity index (χ0v) is 13.2. The largest absolute Gasteiger partial charge is 0.390 e. The number of hydrogen-bond donors (Lipinski definition) is 1. The molecule has 5 nitrogen and oxygen atoms in total. The van der Waals surface area contributed by atoms with Crippen LogP contribution in [-0.2, 0) is 18.4 Å². The second-order valence-electron chi connectivity index (χ2n) is 5.39. The van der Waals surface area contributed by atoms with Crippen LogP contribution in [0.5, 0.6) is 0 Å². The maximum atomic E-state index is 12.0. The van der Waals surface area contributed by atoms with Gasteiger partial charge in [0.05, 0.1) is 17.2 Å². The van der Waals surface area contributed by atoms with Gasteiger partial charge in [0, 0.05) is 19.3 Å². The van der Waals surface area contributed by atoms with Crippen molar-refractivity contribution in [2.45, 2.75) is 44.4 Å². The van der Waals surface area contributed by atoms with Crippen LogP contribution in [0, 0.1) is 0 Å². The van der Waals surface area contributed by atoms with Crippen molar-refractivity contribution >= 4 is 29.1 Å². The molecule has 2 rings (SSSR count). The lowest BCUT2D eigenvalue weighted by Gasteiger charge is -2.48. The van der Waals surface area contributed by atoms with Gasteiger partial charge in [0.1, 0.15) is 11.6 Å². The summed E-state index contributed by atoms with van der Waals surface area (Å²) >= 11 is 11.8. The van der Waals surface area contributed by atoms with Crippen LogP contribution in [0.25, 0.3) is 0 Å². The second kappa shape index (κ2) is 5.92. The topological polar surface area (TPSA) is 58.4 Å². The fraction of sp³-hybridized carbons (Fsp3) is 0.692. The Morgan fingerprint density at radius 1 is 1.65 bits per heavy atom. The molecule has 1 aromatic rings. The van der Waals surface area contributed by atoms with Gasteiger partial charge in [-0.05, 0) is 19.3 Å². The second-order valence-corrected chi connectivity index (χ2v) is 6.07. The van der Waals surface area contributed by atoms with Gasteiger partial charge in [0.2, 0.25) is 5.91 Å². The predicted octanol–water partition coefficient (Wildman–Crippen LogP) is 1.94. The van der Waals surface area contributed by atoms with Gasteiger partial charge in [0.25, 0.3) is 0 Å². The molecule has 0 atom stereocenters. The normalized spacial score (nSPS) is 25.4. The van der Waals surface area contributed by atoms with Crippen LogP contribution in [0.15, 0.2) is 6.20 Å². The minimum absolute atomic E-state index is 0.00396. The molecule has 1 aliphatic carbocycles. The number of hydrogen-bond acceptors (Lipinski definition) is 3. The first-order chi connectivity index (χ1) is 9.38. The first-order valence-electron chi connectivity index (χ1n) is 6.64. The van der Waals surface area contributed by atoms with Gasteiger partial charge in [-0.15, -0.1) is 11.6 Å². The summed E-state index contributed by atoms with van der Waals surface area (Å²) in [4.78, 5) is 13.7. The lowest BCUT2D eigenvalue weighted by molar-refractivity contribution is -0.144. The molecule has 20 heavy (non-hydrogen) atoms. The molecule has 112 valence electrons. The Morgan fingerprint density at radius 3 is 2.75 bits per heavy atom. The Morgan fingerprint density at radius 2 is 2.30 bits per heavy atom. The standard InChI is InChI=1S/C13H19Cl2N3O2/c1-3-13(20)4-9(5-13)18(12(19)6-14)8-11-10(15)7-17(2)16-11/h7,9,20H,3-6,8H2,1-2H3. The van der Waals surface area contributed by atoms with E-state index < -0.39 is 5.60 Å². The van der Waals surface area contributed by atoms with Crippen molar-refractivity contribution in [3.8, 4) is 0 Å². The summed E-state index contributed by atoms with van der Waals surface area (Å²) in [5, 5.41) is 14.9. The maximum absolute atomic E-state index is 12.0. The summed E-state index contributed by atoms with van der Waals surface area (Å²) in [6, 6.07) is 0.00396. The van der Waals surface area contributed by atoms with E-state index in [2.05, 4.69) is 5.10 Å². The van der Waals surface area contributed by atoms with Crippen LogP contribution in [0.4, 0.5) is 0 Å². The molecule has 1 amide bonds. The highest BCUT2D eigenvalue weighted by Crippen LogP contribution is 2.39. The summed E-state index contributed by atoms with van der Waals surface area (Å²) in [6.45, 7) is 2.27. The Labute approximate surface area is 128 Å². The predicted molar refractivity (Wildman–Crippen MR) is 77.8 cm³/mol. The fourth-order valence-corrected chi connectivity index (χ4v) is 2.99. The molecule has 0 saturated heterocycles. The first kappa shape index (κ1) is 15.6. The summed E-state index contributed by atoms with van der Waals surface area (Å²) in [6.07, 6.45) is 3.55. The van der Waals surface area contributed by atoms with Gasteiger partial charge in [-0.25, -0.2) is 0 Å². The van der Waals surface area contributed by atoms with Crippen molar-refractivity contribution in [3.63, 3.8) is 0 Å². The monoisotopic (exact) mass is 319 g/mol. The van der Waals surface area contributed by atoms with E-state index in [-0.39, 0.29) is 17.8 Å². The Bertz CT molecular complexity index is 498. The minimum atomic E-state index is -0.649. The van der Waals surface area contributed by atoms with E-state index in [1.165, 1.54) is 0 Å². The molecule has 1 N–H and O–H groups in total. The average Bonchev–Trinajstić information content (AvgIpc) is 2.70. The van der Waals surface area contributed by atoms with E-state index in [1.807, 2.05) is 6.92 Å². The first-order valence-corrected chi connectivity index (χ1v) is 7.55. The summed E-state index contributed by atoms with van der Waals surface area (Å²) in [5.74, 6) is -0.234. The molecule has 1 fully saturated rings. The molecule has 0 aromatic carbocycles. The van der Waals surface area contributed by atoms with Gasteiger partial charge in [0.15, 0.2) is 0 Å². The Balaban J connectivity index is 2.10. The molecular formula is C13H19Cl2N3O2. The number of carbonyl (C=O) groups excluding carboxylic acids is 1. The van der Waals surface area contributed by atoms with Crippen molar-refractivity contribution in [3.05, 3.63) is 16.9 Å². The van der Waals surface area contributed by atoms with Gasteiger partial charge in [-0.2, -0.15) is 5.10 Å². The van der Waals surface area contributed by atoms with Crippen molar-refractivity contribution in [1.82, 2.24) is 14.7 Å². The summed E-state index contributed by atoms with van der Waals surface area (Å²) in [7, 11) is 1.78. The zero-order chi connectivity index (χ0) is 14.9. The van der Waals surface area contributed by atoms with Crippen molar-refractivity contribution < 1.29 is 9.90 Å². The number of aromatic nitrogens is 2. The number of amides is 1. The van der Waals surface area contributed by atoms with Gasteiger partial charge >= 0.3 is 0 Å². The van der Waals surface area contributed by atoms with E-state index in [9.17, 15) is 9.90 Å². The van der Waals surface area contributed by atoms with E-state index >= 15 is 0 Å². The lowest BCUT2D eigenvalue weighted by Crippen LogP contribution is -2.56. The molecule has 0 bridgehead atoms. The van der Waals surface area contributed by atoms with Crippen LogP contribution in [0.2, 0.25) is 5.02 Å². The van der Waals surface area contributed by atoms with E-state index in [4.69, 9.17) is 23.2 Å². The molecule has 1 heterocycles. The molecular weight excluding hydrogens is 301 g/mol. The highest BCUT2D eigenvalue weighted by atomic mass is 35.5. The quantitative estimate of drug-likeness (QED) is 0.844. The fourth-order valence-electron chi connectivity index (χ4n) is 2.60. The highest BCUT2D eigenvalue weighted by molar-refractivity contribution is 6.31. The molecule has 0 radical (unpaired) electrons. The molecule has 0 unspecified atom stereocenters. The maximum Gasteiger partial charge on any atom is 0.238 e. The van der Waals surface area contributed by atoms with E-state index in [1.54, 1.807) is 22.8 Å². The summed E-state index contributed by atoms with van der Waals surface area (Å²) < 4.78 is 1.62. The van der Waals surface area contributed by atoms with E-state index in [0.29, 0.717) is 36.5 Å². The Kier molecular flexibility index (Phi) is 4.62. The molecule has 0 aliphatic heterocycles. The van der Waals surface area contributed by atoms with Crippen molar-refractivity contribution in [1.29, 1.82) is 0 Å². The highest BCUT2D eigenvalue weighted by Gasteiger charge is 2.45. The number of aryl methyl sites for hydroxylation is 1. The third-order valence-corrected chi connectivity index (χ3v) is 4.48. The minimum Gasteiger partial charge on any atom is -0.390 e. The number of rotatable bonds is 5. The molecule has 0 spiro atoms. The van der Waals surface area contributed by atoms with Gasteiger partial charge < -0.3 is 10.0 Å². The van der Waals surface area contributed by atoms with Gasteiger partial charge in [-0.3, -0.25) is 9.48 Å². The number of alkyl halides is 1. The number of nitrogens with zero attached hydrogens (tertiary/aromatic N) is 3. The molecule has 1 aromatic heterocycles. The smallest absolute Gasteiger partial charge is 0.238 e. The van der Waals surface area contributed by atoms with Crippen LogP contribution in [0.1, 0.15) is 31.9 Å². The SMILES string of the molecule is CCC1(O)CC(N(Cc2nn(C)cc2Cl)C(=O)CCl)C1. The molecule has 1 aliphatic rings. The number of aliphatic hydroxyl groups is 1. The lowest BCUT2D eigenvalue weighted by atomic mass is 9.73.